The number of fused-ring (bicyclic) bond motifs is 1. The molecular weight excluding hydrogens is 332 g/mol. The Hall–Kier alpha value is -2.83. The molecule has 0 radical (unpaired) electrons. The van der Waals surface area contributed by atoms with E-state index in [4.69, 9.17) is 15.6 Å². The summed E-state index contributed by atoms with van der Waals surface area (Å²) < 4.78 is 5.78. The number of rotatable bonds is 5. The van der Waals surface area contributed by atoms with Crippen molar-refractivity contribution < 1.29 is 19.7 Å². The Morgan fingerprint density at radius 2 is 1.96 bits per heavy atom. The van der Waals surface area contributed by atoms with Crippen LogP contribution in [0.5, 0.6) is 5.75 Å². The Morgan fingerprint density at radius 1 is 1.23 bits per heavy atom. The van der Waals surface area contributed by atoms with Crippen molar-refractivity contribution in [2.24, 2.45) is 0 Å². The first-order valence-electron chi connectivity index (χ1n) is 8.50. The second kappa shape index (κ2) is 7.59. The number of nitrogens with zero attached hydrogens (tertiary/aromatic N) is 1. The lowest BCUT2D eigenvalue weighted by Crippen LogP contribution is -2.43. The summed E-state index contributed by atoms with van der Waals surface area (Å²) >= 11 is 0. The van der Waals surface area contributed by atoms with Gasteiger partial charge in [-0.25, -0.2) is 0 Å². The minimum atomic E-state index is -1.06. The maximum atomic E-state index is 12.9. The van der Waals surface area contributed by atoms with E-state index in [1.807, 2.05) is 24.3 Å². The molecule has 3 rings (SSSR count). The number of aliphatic hydroxyl groups excluding tert-OH is 2. The van der Waals surface area contributed by atoms with Gasteiger partial charge in [-0.2, -0.15) is 0 Å². The molecule has 6 nitrogen and oxygen atoms in total. The Morgan fingerprint density at radius 3 is 2.62 bits per heavy atom. The first-order chi connectivity index (χ1) is 12.5. The lowest BCUT2D eigenvalue weighted by Gasteiger charge is -2.31. The number of aliphatic hydroxyl groups is 2. The van der Waals surface area contributed by atoms with E-state index in [9.17, 15) is 9.90 Å². The van der Waals surface area contributed by atoms with E-state index >= 15 is 0 Å². The average Bonchev–Trinajstić information content (AvgIpc) is 2.66. The van der Waals surface area contributed by atoms with Gasteiger partial charge in [0.15, 0.2) is 11.5 Å². The Bertz CT molecular complexity index is 830. The van der Waals surface area contributed by atoms with Crippen LogP contribution in [-0.4, -0.2) is 35.4 Å². The normalized spacial score (nSPS) is 16.3. The van der Waals surface area contributed by atoms with E-state index in [1.54, 1.807) is 24.3 Å². The average molecular weight is 354 g/mol. The predicted molar refractivity (Wildman–Crippen MR) is 101 cm³/mol. The van der Waals surface area contributed by atoms with Gasteiger partial charge < -0.3 is 20.7 Å². The van der Waals surface area contributed by atoms with Crippen LogP contribution in [0.15, 0.2) is 48.2 Å². The fourth-order valence-electron chi connectivity index (χ4n) is 2.78. The molecule has 0 aromatic heterocycles. The summed E-state index contributed by atoms with van der Waals surface area (Å²) in [6.07, 6.45) is 1.55. The summed E-state index contributed by atoms with van der Waals surface area (Å²) in [6.45, 7) is 1.58. The van der Waals surface area contributed by atoms with Gasteiger partial charge in [-0.05, 0) is 41.8 Å². The van der Waals surface area contributed by atoms with Crippen molar-refractivity contribution >= 4 is 23.4 Å². The van der Waals surface area contributed by atoms with E-state index in [0.717, 1.165) is 12.0 Å². The molecule has 1 aliphatic heterocycles. The molecule has 1 amide bonds. The number of anilines is 2. The van der Waals surface area contributed by atoms with Crippen molar-refractivity contribution in [3.8, 4) is 5.75 Å². The van der Waals surface area contributed by atoms with Gasteiger partial charge in [0.2, 0.25) is 0 Å². The fourth-order valence-corrected chi connectivity index (χ4v) is 2.78. The third-order valence-corrected chi connectivity index (χ3v) is 4.24. The van der Waals surface area contributed by atoms with Crippen LogP contribution in [0.2, 0.25) is 0 Å². The minimum absolute atomic E-state index is 0.0543. The number of nitrogen functional groups attached to an aromatic ring is 1. The predicted octanol–water partition coefficient (Wildman–Crippen LogP) is 1.95. The lowest BCUT2D eigenvalue weighted by atomic mass is 10.1. The molecule has 136 valence electrons. The number of β-amino-alcohol motifs (C(OH)–C–C–N with tert-alkyl or cyclic N) is 1. The molecule has 0 spiro atoms. The quantitative estimate of drug-likeness (QED) is 0.563. The smallest absolute Gasteiger partial charge is 0.294 e. The van der Waals surface area contributed by atoms with Crippen LogP contribution in [0.25, 0.3) is 6.08 Å². The minimum Gasteiger partial charge on any atom is -0.449 e. The first kappa shape index (κ1) is 18.0. The van der Waals surface area contributed by atoms with Crippen molar-refractivity contribution in [2.75, 3.05) is 23.8 Å². The van der Waals surface area contributed by atoms with Crippen molar-refractivity contribution in [1.82, 2.24) is 0 Å². The van der Waals surface area contributed by atoms with Crippen LogP contribution in [0.4, 0.5) is 11.4 Å². The molecule has 0 bridgehead atoms. The van der Waals surface area contributed by atoms with E-state index in [1.165, 1.54) is 10.5 Å². The number of carbonyl (C=O) groups is 1. The van der Waals surface area contributed by atoms with Crippen molar-refractivity contribution in [1.29, 1.82) is 0 Å². The molecule has 6 heteroatoms. The highest BCUT2D eigenvalue weighted by Crippen LogP contribution is 2.37. The van der Waals surface area contributed by atoms with Crippen molar-refractivity contribution in [3.05, 3.63) is 59.4 Å². The summed E-state index contributed by atoms with van der Waals surface area (Å²) in [5.74, 6) is 0.229. The number of carbonyl (C=O) groups excluding carboxylic acids is 1. The molecule has 2 aromatic rings. The maximum absolute atomic E-state index is 12.9. The Balaban J connectivity index is 1.98. The number of amides is 1. The molecule has 0 fully saturated rings. The zero-order chi connectivity index (χ0) is 18.7. The molecule has 1 aliphatic rings. The van der Waals surface area contributed by atoms with Crippen molar-refractivity contribution in [3.63, 3.8) is 0 Å². The lowest BCUT2D eigenvalue weighted by molar-refractivity contribution is -0.118. The number of nitrogens with two attached hydrogens (primary N) is 1. The maximum Gasteiger partial charge on any atom is 0.294 e. The van der Waals surface area contributed by atoms with Gasteiger partial charge in [0.25, 0.3) is 5.91 Å². The number of benzene rings is 2. The second-order valence-electron chi connectivity index (χ2n) is 6.19. The molecule has 0 aliphatic carbocycles. The van der Waals surface area contributed by atoms with Gasteiger partial charge >= 0.3 is 0 Å². The summed E-state index contributed by atoms with van der Waals surface area (Å²) in [6, 6.07) is 12.8. The molecular formula is C20H22N2O4. The van der Waals surface area contributed by atoms with Crippen LogP contribution in [0, 0.1) is 0 Å². The third kappa shape index (κ3) is 3.71. The van der Waals surface area contributed by atoms with Gasteiger partial charge in [-0.1, -0.05) is 31.2 Å². The Labute approximate surface area is 152 Å². The first-order valence-corrected chi connectivity index (χ1v) is 8.50. The Kier molecular flexibility index (Phi) is 5.25. The molecule has 1 heterocycles. The topological polar surface area (TPSA) is 96.0 Å². The molecule has 2 aromatic carbocycles. The van der Waals surface area contributed by atoms with E-state index in [0.29, 0.717) is 17.1 Å². The van der Waals surface area contributed by atoms with Gasteiger partial charge in [0.1, 0.15) is 0 Å². The molecule has 1 unspecified atom stereocenters. The third-order valence-electron chi connectivity index (χ3n) is 4.24. The molecule has 1 atom stereocenters. The monoisotopic (exact) mass is 354 g/mol. The van der Waals surface area contributed by atoms with Gasteiger partial charge in [0.05, 0.1) is 24.9 Å². The zero-order valence-corrected chi connectivity index (χ0v) is 14.6. The molecule has 0 saturated carbocycles. The largest absolute Gasteiger partial charge is 0.449 e. The van der Waals surface area contributed by atoms with Crippen molar-refractivity contribution in [2.45, 2.75) is 19.4 Å². The van der Waals surface area contributed by atoms with E-state index in [-0.39, 0.29) is 12.3 Å². The summed E-state index contributed by atoms with van der Waals surface area (Å²) in [5, 5.41) is 19.0. The number of aryl methyl sites for hydroxylation is 1. The van der Waals surface area contributed by atoms with Gasteiger partial charge in [-0.3, -0.25) is 9.69 Å². The van der Waals surface area contributed by atoms with E-state index < -0.39 is 18.6 Å². The highest BCUT2D eigenvalue weighted by atomic mass is 16.5. The fraction of sp³-hybridized carbons (Fsp3) is 0.250. The number of hydrogen-bond donors (Lipinski definition) is 3. The second-order valence-corrected chi connectivity index (χ2v) is 6.19. The molecule has 26 heavy (non-hydrogen) atoms. The highest BCUT2D eigenvalue weighted by molar-refractivity contribution is 6.10. The van der Waals surface area contributed by atoms with Crippen LogP contribution >= 0.6 is 0 Å². The van der Waals surface area contributed by atoms with Crippen LogP contribution in [0.3, 0.4) is 0 Å². The standard InChI is InChI=1S/C20H22N2O4/c1-2-13-3-5-14(6-4-13)9-19-20(25)22(11-16(24)12-23)17-10-15(21)7-8-18(17)26-19/h3-10,16,23-24H,2,11-12,21H2,1H3/b19-9+. The van der Waals surface area contributed by atoms with E-state index in [2.05, 4.69) is 6.92 Å². The number of ether oxygens (including phenoxy) is 1. The summed E-state index contributed by atoms with van der Waals surface area (Å²) in [5.41, 5.74) is 8.81. The van der Waals surface area contributed by atoms with Crippen LogP contribution in [0.1, 0.15) is 18.1 Å². The molecule has 4 N–H and O–H groups in total. The van der Waals surface area contributed by atoms with Crippen LogP contribution < -0.4 is 15.4 Å². The number of hydrogen-bond acceptors (Lipinski definition) is 5. The zero-order valence-electron chi connectivity index (χ0n) is 14.6. The van der Waals surface area contributed by atoms with Crippen LogP contribution in [-0.2, 0) is 11.2 Å². The summed E-state index contributed by atoms with van der Waals surface area (Å²) in [7, 11) is 0. The SMILES string of the molecule is CCc1ccc(/C=C2/Oc3ccc(N)cc3N(CC(O)CO)C2=O)cc1. The molecule has 0 saturated heterocycles. The van der Waals surface area contributed by atoms with Gasteiger partial charge in [0, 0.05) is 5.69 Å². The van der Waals surface area contributed by atoms with Gasteiger partial charge in [-0.15, -0.1) is 0 Å². The highest BCUT2D eigenvalue weighted by Gasteiger charge is 2.31. The summed E-state index contributed by atoms with van der Waals surface area (Å²) in [4.78, 5) is 14.3.